The smallest absolute Gasteiger partial charge is 0.417 e. The zero-order chi connectivity index (χ0) is 20.9. The Morgan fingerprint density at radius 3 is 2.66 bits per heavy atom. The van der Waals surface area contributed by atoms with E-state index in [0.29, 0.717) is 6.61 Å². The molecule has 0 aliphatic heterocycles. The van der Waals surface area contributed by atoms with Crippen LogP contribution < -0.4 is 14.8 Å². The van der Waals surface area contributed by atoms with E-state index in [1.165, 1.54) is 15.6 Å². The van der Waals surface area contributed by atoms with Crippen molar-refractivity contribution in [3.05, 3.63) is 64.9 Å². The van der Waals surface area contributed by atoms with E-state index in [1.807, 2.05) is 7.05 Å². The van der Waals surface area contributed by atoms with Gasteiger partial charge in [0.25, 0.3) is 0 Å². The molecular formula is C21H26N2O3S3. The van der Waals surface area contributed by atoms with Crippen molar-refractivity contribution >= 4 is 50.8 Å². The Bertz CT molecular complexity index is 846. The van der Waals surface area contributed by atoms with Crippen LogP contribution in [0.15, 0.2) is 60.0 Å². The number of hydrogen-bond donors (Lipinski definition) is 3. The zero-order valence-corrected chi connectivity index (χ0v) is 19.0. The molecule has 0 saturated carbocycles. The topological polar surface area (TPSA) is 59.6 Å². The number of ether oxygens (including phenoxy) is 2. The third kappa shape index (κ3) is 7.81. The summed E-state index contributed by atoms with van der Waals surface area (Å²) in [6, 6.07) is 18.8. The lowest BCUT2D eigenvalue weighted by molar-refractivity contribution is 0.159. The van der Waals surface area contributed by atoms with Crippen LogP contribution in [-0.2, 0) is 4.74 Å². The van der Waals surface area contributed by atoms with Crippen LogP contribution in [0.25, 0.3) is 10.8 Å². The molecule has 0 spiro atoms. The molecule has 156 valence electrons. The van der Waals surface area contributed by atoms with Gasteiger partial charge in [-0.1, -0.05) is 54.1 Å². The van der Waals surface area contributed by atoms with Gasteiger partial charge in [0.2, 0.25) is 0 Å². The Morgan fingerprint density at radius 1 is 1.17 bits per heavy atom. The van der Waals surface area contributed by atoms with Crippen molar-refractivity contribution in [1.29, 1.82) is 0 Å². The average molecular weight is 451 g/mol. The number of thiophene rings is 1. The summed E-state index contributed by atoms with van der Waals surface area (Å²) in [6.45, 7) is 3.07. The number of nitrogens with one attached hydrogen (secondary N) is 2. The molecule has 1 atom stereocenters. The van der Waals surface area contributed by atoms with E-state index in [9.17, 15) is 4.79 Å². The number of fused-ring (bicyclic) bond motifs is 1. The highest BCUT2D eigenvalue weighted by molar-refractivity contribution is 8.67. The van der Waals surface area contributed by atoms with Crippen LogP contribution >= 0.6 is 34.0 Å². The summed E-state index contributed by atoms with van der Waals surface area (Å²) in [5.41, 5.74) is 0. The molecule has 0 saturated heterocycles. The Morgan fingerprint density at radius 2 is 1.97 bits per heavy atom. The molecule has 1 amide bonds. The van der Waals surface area contributed by atoms with Gasteiger partial charge in [-0.05, 0) is 43.4 Å². The number of rotatable bonds is 8. The van der Waals surface area contributed by atoms with Gasteiger partial charge in [0, 0.05) is 27.7 Å². The van der Waals surface area contributed by atoms with Crippen LogP contribution in [-0.4, -0.2) is 26.3 Å². The molecule has 8 heteroatoms. The molecule has 1 heterocycles. The van der Waals surface area contributed by atoms with Crippen molar-refractivity contribution in [2.24, 2.45) is 0 Å². The summed E-state index contributed by atoms with van der Waals surface area (Å²) >= 11 is 5.41. The Labute approximate surface area is 185 Å². The second kappa shape index (κ2) is 13.4. The summed E-state index contributed by atoms with van der Waals surface area (Å²) in [5.74, 6) is 0.961. The van der Waals surface area contributed by atoms with Gasteiger partial charge < -0.3 is 14.8 Å². The molecular weight excluding hydrogens is 424 g/mol. The van der Waals surface area contributed by atoms with Gasteiger partial charge in [-0.25, -0.2) is 4.79 Å². The molecule has 3 rings (SSSR count). The van der Waals surface area contributed by atoms with Crippen LogP contribution in [0.3, 0.4) is 0 Å². The molecule has 5 nitrogen and oxygen atoms in total. The quantitative estimate of drug-likeness (QED) is 0.228. The molecule has 29 heavy (non-hydrogen) atoms. The summed E-state index contributed by atoms with van der Waals surface area (Å²) in [4.78, 5) is 11.5. The lowest BCUT2D eigenvalue weighted by Crippen LogP contribution is -2.15. The Hall–Kier alpha value is -1.87. The minimum atomic E-state index is -0.451. The van der Waals surface area contributed by atoms with Gasteiger partial charge >= 0.3 is 6.09 Å². The fraction of sp³-hybridized carbons (Fsp3) is 0.286. The number of hydrogen-bond acceptors (Lipinski definition) is 7. The van der Waals surface area contributed by atoms with Crippen LogP contribution in [0, 0.1) is 0 Å². The maximum Gasteiger partial charge on any atom is 0.417 e. The number of benzene rings is 2. The van der Waals surface area contributed by atoms with Crippen molar-refractivity contribution in [3.8, 4) is 5.75 Å². The first-order valence-electron chi connectivity index (χ1n) is 9.25. The molecule has 0 aliphatic rings. The minimum Gasteiger partial charge on any atom is -0.484 e. The largest absolute Gasteiger partial charge is 0.484 e. The van der Waals surface area contributed by atoms with Gasteiger partial charge in [0.15, 0.2) is 0 Å². The van der Waals surface area contributed by atoms with Gasteiger partial charge in [0.1, 0.15) is 11.9 Å². The molecule has 2 N–H and O–H groups in total. The Balaban J connectivity index is 0.000000321. The predicted octanol–water partition coefficient (Wildman–Crippen LogP) is 5.86. The molecule has 1 aromatic heterocycles. The first-order valence-corrected chi connectivity index (χ1v) is 12.0. The lowest BCUT2D eigenvalue weighted by atomic mass is 10.1. The van der Waals surface area contributed by atoms with Gasteiger partial charge in [-0.3, -0.25) is 4.72 Å². The molecule has 3 aromatic rings. The van der Waals surface area contributed by atoms with Crippen LogP contribution in [0.4, 0.5) is 4.79 Å². The van der Waals surface area contributed by atoms with E-state index < -0.39 is 6.09 Å². The number of carbonyl (C=O) groups excluding carboxylic acids is 1. The van der Waals surface area contributed by atoms with Gasteiger partial charge in [-0.2, -0.15) is 0 Å². The standard InChI is InChI=1S/C18H19NOS.C3H7NO2S2/c1-19-12-11-17(18-10-5-13-21-18)20-16-9-4-7-14-6-2-3-8-15(14)16;1-2-6-3(5)4-8-7/h2-10,13,17,19H,11-12H2,1H3;7H,2H2,1H3,(H,4,5). The van der Waals surface area contributed by atoms with Gasteiger partial charge in [-0.15, -0.1) is 11.3 Å². The van der Waals surface area contributed by atoms with E-state index in [2.05, 4.69) is 86.4 Å². The fourth-order valence-electron chi connectivity index (χ4n) is 2.66. The first-order chi connectivity index (χ1) is 14.2. The monoisotopic (exact) mass is 450 g/mol. The van der Waals surface area contributed by atoms with Gasteiger partial charge in [0.05, 0.1) is 6.61 Å². The summed E-state index contributed by atoms with van der Waals surface area (Å²) in [5, 5.41) is 7.70. The zero-order valence-electron chi connectivity index (χ0n) is 16.5. The third-order valence-corrected chi connectivity index (χ3v) is 5.44. The number of carbonyl (C=O) groups is 1. The summed E-state index contributed by atoms with van der Waals surface area (Å²) in [7, 11) is 2.90. The second-order valence-corrected chi connectivity index (χ2v) is 7.82. The van der Waals surface area contributed by atoms with Crippen molar-refractivity contribution in [2.45, 2.75) is 19.4 Å². The highest BCUT2D eigenvalue weighted by Gasteiger charge is 2.15. The highest BCUT2D eigenvalue weighted by Crippen LogP contribution is 2.32. The van der Waals surface area contributed by atoms with E-state index >= 15 is 0 Å². The van der Waals surface area contributed by atoms with E-state index in [-0.39, 0.29) is 6.10 Å². The minimum absolute atomic E-state index is 0.100. The molecule has 0 radical (unpaired) electrons. The van der Waals surface area contributed by atoms with Crippen molar-refractivity contribution in [3.63, 3.8) is 0 Å². The molecule has 2 aromatic carbocycles. The van der Waals surface area contributed by atoms with E-state index in [1.54, 1.807) is 18.3 Å². The van der Waals surface area contributed by atoms with E-state index in [4.69, 9.17) is 4.74 Å². The molecule has 1 unspecified atom stereocenters. The SMILES string of the molecule is CCOC(=O)NSS.CNCCC(Oc1cccc2ccccc12)c1cccs1. The first kappa shape index (κ1) is 23.4. The molecule has 0 fully saturated rings. The Kier molecular flexibility index (Phi) is 10.8. The van der Waals surface area contributed by atoms with Crippen LogP contribution in [0.5, 0.6) is 5.75 Å². The van der Waals surface area contributed by atoms with E-state index in [0.717, 1.165) is 29.7 Å². The van der Waals surface area contributed by atoms with Crippen molar-refractivity contribution in [2.75, 3.05) is 20.2 Å². The van der Waals surface area contributed by atoms with Crippen molar-refractivity contribution < 1.29 is 14.3 Å². The number of thiol groups is 1. The fourth-order valence-corrected chi connectivity index (χ4v) is 3.80. The predicted molar refractivity (Wildman–Crippen MR) is 127 cm³/mol. The normalized spacial score (nSPS) is 11.3. The maximum atomic E-state index is 10.2. The highest BCUT2D eigenvalue weighted by atomic mass is 33.1. The molecule has 0 bridgehead atoms. The third-order valence-electron chi connectivity index (χ3n) is 3.94. The van der Waals surface area contributed by atoms with Crippen molar-refractivity contribution in [1.82, 2.24) is 10.0 Å². The second-order valence-electron chi connectivity index (χ2n) is 5.91. The molecule has 0 aliphatic carbocycles. The average Bonchev–Trinajstić information content (AvgIpc) is 3.27. The van der Waals surface area contributed by atoms with Crippen LogP contribution in [0.1, 0.15) is 24.3 Å². The summed E-state index contributed by atoms with van der Waals surface area (Å²) in [6.07, 6.45) is 0.607. The maximum absolute atomic E-state index is 10.2. The lowest BCUT2D eigenvalue weighted by Gasteiger charge is -2.19. The number of amides is 1. The van der Waals surface area contributed by atoms with Crippen LogP contribution in [0.2, 0.25) is 0 Å². The summed E-state index contributed by atoms with van der Waals surface area (Å²) < 4.78 is 13.1.